The van der Waals surface area contributed by atoms with Gasteiger partial charge < -0.3 is 11.1 Å². The highest BCUT2D eigenvalue weighted by Crippen LogP contribution is 2.29. The van der Waals surface area contributed by atoms with Gasteiger partial charge in [0.05, 0.1) is 5.75 Å². The van der Waals surface area contributed by atoms with Crippen molar-refractivity contribution in [2.75, 3.05) is 11.1 Å². The molecular weight excluding hydrogens is 403 g/mol. The van der Waals surface area contributed by atoms with Gasteiger partial charge in [0.1, 0.15) is 11.5 Å². The number of hydrogen-bond donors (Lipinski definition) is 2. The third-order valence-electron chi connectivity index (χ3n) is 3.05. The molecule has 2 heterocycles. The van der Waals surface area contributed by atoms with Crippen molar-refractivity contribution in [1.29, 1.82) is 0 Å². The summed E-state index contributed by atoms with van der Waals surface area (Å²) in [5, 5.41) is 3.48. The summed E-state index contributed by atoms with van der Waals surface area (Å²) in [4.78, 5) is 19.4. The number of nitrogen functional groups attached to an aromatic ring is 1. The molecule has 140 valence electrons. The predicted octanol–water partition coefficient (Wildman–Crippen LogP) is 3.95. The lowest BCUT2D eigenvalue weighted by Crippen LogP contribution is -2.09. The monoisotopic (exact) mass is 413 g/mol. The molecule has 0 amide bonds. The number of nitrogens with two attached hydrogens (primary N) is 1. The second kappa shape index (κ2) is 7.92. The minimum atomic E-state index is -4.54. The van der Waals surface area contributed by atoms with Crippen LogP contribution < -0.4 is 11.1 Å². The average molecular weight is 414 g/mol. The van der Waals surface area contributed by atoms with E-state index in [4.69, 9.17) is 17.3 Å². The Kier molecular flexibility index (Phi) is 5.61. The first-order chi connectivity index (χ1) is 12.8. The van der Waals surface area contributed by atoms with Gasteiger partial charge >= 0.3 is 6.18 Å². The molecule has 0 fully saturated rings. The first-order valence-electron chi connectivity index (χ1n) is 7.35. The fraction of sp³-hybridized carbons (Fsp3) is 0.133. The number of nitrogens with one attached hydrogen (secondary N) is 1. The van der Waals surface area contributed by atoms with Crippen LogP contribution in [0.1, 0.15) is 11.5 Å². The summed E-state index contributed by atoms with van der Waals surface area (Å²) in [7, 11) is 0. The van der Waals surface area contributed by atoms with Gasteiger partial charge in [-0.3, -0.25) is 0 Å². The molecule has 0 saturated heterocycles. The molecule has 0 bridgehead atoms. The predicted molar refractivity (Wildman–Crippen MR) is 95.6 cm³/mol. The highest BCUT2D eigenvalue weighted by atomic mass is 35.5. The van der Waals surface area contributed by atoms with Crippen LogP contribution in [0.4, 0.5) is 30.8 Å². The lowest BCUT2D eigenvalue weighted by atomic mass is 10.3. The Balaban J connectivity index is 1.72. The molecule has 0 aliphatic rings. The van der Waals surface area contributed by atoms with Gasteiger partial charge in [-0.05, 0) is 30.3 Å². The van der Waals surface area contributed by atoms with Crippen molar-refractivity contribution in [2.24, 2.45) is 0 Å². The molecule has 0 unspecified atom stereocenters. The molecule has 0 aliphatic carbocycles. The van der Waals surface area contributed by atoms with Crippen molar-refractivity contribution in [1.82, 2.24) is 24.9 Å². The highest BCUT2D eigenvalue weighted by molar-refractivity contribution is 7.98. The fourth-order valence-electron chi connectivity index (χ4n) is 1.92. The van der Waals surface area contributed by atoms with E-state index >= 15 is 0 Å². The van der Waals surface area contributed by atoms with E-state index in [0.29, 0.717) is 10.7 Å². The summed E-state index contributed by atoms with van der Waals surface area (Å²) in [5.74, 6) is 0.556. The SMILES string of the molecule is Nc1nc(CSc2nccc(C(F)(F)F)n2)nc(Nc2ccc(Cl)cc2)n1. The van der Waals surface area contributed by atoms with E-state index in [2.05, 4.69) is 30.2 Å². The first kappa shape index (κ1) is 19.1. The Labute approximate surface area is 160 Å². The molecule has 0 aliphatic heterocycles. The quantitative estimate of drug-likeness (QED) is 0.478. The van der Waals surface area contributed by atoms with Crippen LogP contribution in [-0.4, -0.2) is 24.9 Å². The lowest BCUT2D eigenvalue weighted by molar-refractivity contribution is -0.141. The fourth-order valence-corrected chi connectivity index (χ4v) is 2.73. The van der Waals surface area contributed by atoms with Gasteiger partial charge in [0.15, 0.2) is 5.16 Å². The zero-order valence-electron chi connectivity index (χ0n) is 13.4. The lowest BCUT2D eigenvalue weighted by Gasteiger charge is -2.08. The molecule has 12 heteroatoms. The van der Waals surface area contributed by atoms with E-state index in [9.17, 15) is 13.2 Å². The van der Waals surface area contributed by atoms with E-state index in [0.717, 1.165) is 24.0 Å². The Morgan fingerprint density at radius 2 is 1.78 bits per heavy atom. The molecule has 3 rings (SSSR count). The summed E-state index contributed by atoms with van der Waals surface area (Å²) < 4.78 is 38.1. The van der Waals surface area contributed by atoms with Gasteiger partial charge in [-0.1, -0.05) is 23.4 Å². The summed E-state index contributed by atoms with van der Waals surface area (Å²) in [6.07, 6.45) is -3.49. The van der Waals surface area contributed by atoms with Gasteiger partial charge in [-0.2, -0.15) is 28.1 Å². The standard InChI is InChI=1S/C15H11ClF3N7S/c16-8-1-3-9(4-2-8)22-13-25-11(24-12(20)26-13)7-27-14-21-6-5-10(23-14)15(17,18)19/h1-6H,7H2,(H3,20,22,24,25,26). The number of benzene rings is 1. The number of rotatable bonds is 5. The van der Waals surface area contributed by atoms with Crippen molar-refractivity contribution in [3.8, 4) is 0 Å². The molecule has 0 atom stereocenters. The third kappa shape index (κ3) is 5.41. The van der Waals surface area contributed by atoms with Crippen LogP contribution in [0, 0.1) is 0 Å². The van der Waals surface area contributed by atoms with Crippen LogP contribution in [0.2, 0.25) is 5.02 Å². The number of aromatic nitrogens is 5. The maximum Gasteiger partial charge on any atom is 0.433 e. The Bertz CT molecular complexity index is 937. The zero-order chi connectivity index (χ0) is 19.4. The number of nitrogens with zero attached hydrogens (tertiary/aromatic N) is 5. The van der Waals surface area contributed by atoms with E-state index < -0.39 is 11.9 Å². The molecule has 3 aromatic rings. The molecular formula is C15H11ClF3N7S. The average Bonchev–Trinajstić information content (AvgIpc) is 2.61. The van der Waals surface area contributed by atoms with Crippen LogP contribution in [0.15, 0.2) is 41.7 Å². The minimum Gasteiger partial charge on any atom is -0.368 e. The van der Waals surface area contributed by atoms with Crippen LogP contribution in [-0.2, 0) is 11.9 Å². The maximum atomic E-state index is 12.7. The Hall–Kier alpha value is -2.66. The Morgan fingerprint density at radius 3 is 2.48 bits per heavy atom. The van der Waals surface area contributed by atoms with E-state index in [1.807, 2.05) is 0 Å². The first-order valence-corrected chi connectivity index (χ1v) is 8.72. The molecule has 2 aromatic heterocycles. The molecule has 0 spiro atoms. The van der Waals surface area contributed by atoms with E-state index in [-0.39, 0.29) is 28.6 Å². The Morgan fingerprint density at radius 1 is 1.04 bits per heavy atom. The summed E-state index contributed by atoms with van der Waals surface area (Å²) >= 11 is 6.78. The van der Waals surface area contributed by atoms with Gasteiger partial charge in [-0.25, -0.2) is 9.97 Å². The van der Waals surface area contributed by atoms with Gasteiger partial charge in [0.25, 0.3) is 0 Å². The highest BCUT2D eigenvalue weighted by Gasteiger charge is 2.32. The molecule has 3 N–H and O–H groups in total. The molecule has 7 nitrogen and oxygen atoms in total. The second-order valence-corrected chi connectivity index (χ2v) is 6.46. The normalized spacial score (nSPS) is 11.4. The van der Waals surface area contributed by atoms with E-state index in [1.165, 1.54) is 0 Å². The van der Waals surface area contributed by atoms with Crippen molar-refractivity contribution >= 4 is 40.9 Å². The van der Waals surface area contributed by atoms with Crippen molar-refractivity contribution in [2.45, 2.75) is 17.1 Å². The number of anilines is 3. The largest absolute Gasteiger partial charge is 0.433 e. The van der Waals surface area contributed by atoms with Crippen LogP contribution in [0.5, 0.6) is 0 Å². The number of alkyl halides is 3. The van der Waals surface area contributed by atoms with Crippen molar-refractivity contribution in [3.63, 3.8) is 0 Å². The minimum absolute atomic E-state index is 0.0259. The summed E-state index contributed by atoms with van der Waals surface area (Å²) in [6, 6.07) is 7.64. The second-order valence-electron chi connectivity index (χ2n) is 5.08. The van der Waals surface area contributed by atoms with E-state index in [1.54, 1.807) is 24.3 Å². The molecule has 27 heavy (non-hydrogen) atoms. The number of thioether (sulfide) groups is 1. The van der Waals surface area contributed by atoms with Gasteiger partial charge in [0, 0.05) is 16.9 Å². The molecule has 1 aromatic carbocycles. The maximum absolute atomic E-state index is 12.7. The summed E-state index contributed by atoms with van der Waals surface area (Å²) in [6.45, 7) is 0. The van der Waals surface area contributed by atoms with Gasteiger partial charge in [0.2, 0.25) is 11.9 Å². The van der Waals surface area contributed by atoms with Gasteiger partial charge in [-0.15, -0.1) is 0 Å². The smallest absolute Gasteiger partial charge is 0.368 e. The van der Waals surface area contributed by atoms with Crippen LogP contribution >= 0.6 is 23.4 Å². The molecule has 0 radical (unpaired) electrons. The number of hydrogen-bond acceptors (Lipinski definition) is 8. The molecule has 0 saturated carbocycles. The third-order valence-corrected chi connectivity index (χ3v) is 4.16. The topological polar surface area (TPSA) is 102 Å². The van der Waals surface area contributed by atoms with Crippen LogP contribution in [0.3, 0.4) is 0 Å². The van der Waals surface area contributed by atoms with Crippen molar-refractivity contribution in [3.05, 3.63) is 53.1 Å². The zero-order valence-corrected chi connectivity index (χ0v) is 15.0. The number of halogens is 4. The summed E-state index contributed by atoms with van der Waals surface area (Å²) in [5.41, 5.74) is 5.35. The van der Waals surface area contributed by atoms with Crippen molar-refractivity contribution < 1.29 is 13.2 Å². The van der Waals surface area contributed by atoms with Crippen LogP contribution in [0.25, 0.3) is 0 Å².